The van der Waals surface area contributed by atoms with Gasteiger partial charge < -0.3 is 51.2 Å². The summed E-state index contributed by atoms with van der Waals surface area (Å²) in [6.07, 6.45) is 5.32. The summed E-state index contributed by atoms with van der Waals surface area (Å²) in [5.41, 5.74) is 11.1. The number of aromatic amines is 1. The second-order valence-electron chi connectivity index (χ2n) is 18.1. The lowest BCUT2D eigenvalue weighted by molar-refractivity contribution is -0.00339. The lowest BCUT2D eigenvalue weighted by atomic mass is 9.87. The van der Waals surface area contributed by atoms with Crippen LogP contribution in [-0.2, 0) is 0 Å². The van der Waals surface area contributed by atoms with Gasteiger partial charge in [-0.25, -0.2) is 13.6 Å². The van der Waals surface area contributed by atoms with E-state index in [0.29, 0.717) is 72.3 Å². The van der Waals surface area contributed by atoms with Crippen LogP contribution in [-0.4, -0.2) is 120 Å². The zero-order valence-electron chi connectivity index (χ0n) is 34.9. The van der Waals surface area contributed by atoms with Gasteiger partial charge >= 0.3 is 6.03 Å². The number of carbonyl (C=O) groups excluding carboxylic acids is 2. The fourth-order valence-corrected chi connectivity index (χ4v) is 10.6. The lowest BCUT2D eigenvalue weighted by Gasteiger charge is -2.38. The van der Waals surface area contributed by atoms with Crippen molar-refractivity contribution in [3.8, 4) is 11.3 Å². The molecule has 326 valence electrons. The number of aromatic nitrogens is 1. The van der Waals surface area contributed by atoms with Crippen molar-refractivity contribution in [2.45, 2.75) is 94.8 Å². The number of fused-ring (bicyclic) bond motifs is 1. The third kappa shape index (κ3) is 8.75. The molecule has 9 rings (SSSR count). The van der Waals surface area contributed by atoms with Gasteiger partial charge in [0, 0.05) is 62.1 Å². The number of aliphatic hydroxyl groups is 2. The van der Waals surface area contributed by atoms with E-state index in [1.807, 2.05) is 34.9 Å². The van der Waals surface area contributed by atoms with Gasteiger partial charge in [-0.15, -0.1) is 0 Å². The van der Waals surface area contributed by atoms with E-state index in [-0.39, 0.29) is 35.5 Å². The highest BCUT2D eigenvalue weighted by Crippen LogP contribution is 2.39. The number of hydrogen-bond donors (Lipinski definition) is 7. The molecule has 61 heavy (non-hydrogen) atoms. The maximum absolute atomic E-state index is 16.0. The number of likely N-dealkylation sites (tertiary alicyclic amines) is 1. The molecule has 5 saturated heterocycles. The van der Waals surface area contributed by atoms with Crippen LogP contribution in [0.1, 0.15) is 80.1 Å². The minimum absolute atomic E-state index is 0.0356. The number of halogens is 2. The van der Waals surface area contributed by atoms with Crippen molar-refractivity contribution in [3.05, 3.63) is 77.4 Å². The number of amides is 3. The van der Waals surface area contributed by atoms with Gasteiger partial charge in [0.1, 0.15) is 24.1 Å². The normalized spacial score (nSPS) is 26.0. The Morgan fingerprint density at radius 1 is 0.869 bits per heavy atom. The van der Waals surface area contributed by atoms with Crippen LogP contribution in [0.25, 0.3) is 22.2 Å². The molecule has 3 unspecified atom stereocenters. The number of primary amides is 1. The monoisotopic (exact) mass is 839 g/mol. The SMILES string of the molecule is C[C@@H]1CN([C@@H]2CCCN(c3c(F)cc(C(N)=O)c4[nH]c(-c5ccc(C6CCN(CC7CCN(c8ccc(NC9CCC(O)NC9O)cc8F)CC7)CC6)cc5)cc34)C2)C(=O)N1. The summed E-state index contributed by atoms with van der Waals surface area (Å²) in [4.78, 5) is 37.2. The van der Waals surface area contributed by atoms with Gasteiger partial charge in [-0.3, -0.25) is 10.1 Å². The molecule has 8 N–H and O–H groups in total. The highest BCUT2D eigenvalue weighted by molar-refractivity contribution is 6.10. The minimum Gasteiger partial charge on any atom is -0.379 e. The van der Waals surface area contributed by atoms with Gasteiger partial charge in [-0.05, 0) is 125 Å². The summed E-state index contributed by atoms with van der Waals surface area (Å²) >= 11 is 0. The number of benzene rings is 3. The number of anilines is 3. The number of nitrogens with two attached hydrogens (primary N) is 1. The Hall–Kier alpha value is -4.96. The molecule has 3 amide bonds. The summed E-state index contributed by atoms with van der Waals surface area (Å²) in [6, 6.07) is 16.6. The number of rotatable bonds is 10. The molecule has 3 aromatic carbocycles. The fourth-order valence-electron chi connectivity index (χ4n) is 10.6. The van der Waals surface area contributed by atoms with Crippen LogP contribution < -0.4 is 31.5 Å². The fraction of sp³-hybridized carbons (Fsp3) is 0.522. The van der Waals surface area contributed by atoms with E-state index in [1.54, 1.807) is 0 Å². The zero-order chi connectivity index (χ0) is 42.4. The zero-order valence-corrected chi connectivity index (χ0v) is 34.9. The van der Waals surface area contributed by atoms with Crippen molar-refractivity contribution in [1.82, 2.24) is 25.4 Å². The maximum atomic E-state index is 16.0. The van der Waals surface area contributed by atoms with Crippen LogP contribution in [0.15, 0.2) is 54.6 Å². The summed E-state index contributed by atoms with van der Waals surface area (Å²) in [6.45, 7) is 8.51. The number of urea groups is 1. The molecule has 1 aromatic heterocycles. The van der Waals surface area contributed by atoms with Crippen molar-refractivity contribution >= 4 is 39.9 Å². The van der Waals surface area contributed by atoms with E-state index in [1.165, 1.54) is 17.7 Å². The Labute approximate surface area is 355 Å². The molecule has 5 atom stereocenters. The van der Waals surface area contributed by atoms with Crippen molar-refractivity contribution in [2.24, 2.45) is 11.7 Å². The Bertz CT molecular complexity index is 2220. The number of piperidine rings is 4. The Morgan fingerprint density at radius 3 is 2.33 bits per heavy atom. The van der Waals surface area contributed by atoms with Crippen LogP contribution >= 0.6 is 0 Å². The third-order valence-electron chi connectivity index (χ3n) is 13.9. The van der Waals surface area contributed by atoms with Crippen LogP contribution in [0.4, 0.5) is 30.6 Å². The minimum atomic E-state index is -0.899. The molecule has 0 saturated carbocycles. The molecule has 0 radical (unpaired) electrons. The molecule has 0 spiro atoms. The summed E-state index contributed by atoms with van der Waals surface area (Å²) in [5, 5.41) is 29.4. The quantitative estimate of drug-likeness (QED) is 0.109. The molecule has 13 nitrogen and oxygen atoms in total. The molecule has 0 bridgehead atoms. The maximum Gasteiger partial charge on any atom is 0.318 e. The van der Waals surface area contributed by atoms with E-state index in [0.717, 1.165) is 82.5 Å². The Kier molecular flexibility index (Phi) is 11.8. The van der Waals surface area contributed by atoms with Crippen molar-refractivity contribution in [1.29, 1.82) is 0 Å². The second-order valence-corrected chi connectivity index (χ2v) is 18.1. The summed E-state index contributed by atoms with van der Waals surface area (Å²) < 4.78 is 31.3. The van der Waals surface area contributed by atoms with E-state index < -0.39 is 24.2 Å². The number of carbonyl (C=O) groups is 2. The van der Waals surface area contributed by atoms with Crippen LogP contribution in [0, 0.1) is 17.6 Å². The lowest BCUT2D eigenvalue weighted by Crippen LogP contribution is -2.53. The van der Waals surface area contributed by atoms with E-state index in [4.69, 9.17) is 5.73 Å². The number of nitrogens with one attached hydrogen (secondary N) is 4. The molecule has 15 heteroatoms. The summed E-state index contributed by atoms with van der Waals surface area (Å²) in [5.74, 6) is -0.441. The number of H-pyrrole nitrogens is 1. The van der Waals surface area contributed by atoms with Crippen molar-refractivity contribution in [2.75, 3.05) is 67.5 Å². The Morgan fingerprint density at radius 2 is 1.64 bits per heavy atom. The number of aliphatic hydroxyl groups excluding tert-OH is 2. The third-order valence-corrected chi connectivity index (χ3v) is 13.9. The largest absolute Gasteiger partial charge is 0.379 e. The summed E-state index contributed by atoms with van der Waals surface area (Å²) in [7, 11) is 0. The number of nitrogens with zero attached hydrogens (tertiary/aromatic N) is 4. The van der Waals surface area contributed by atoms with E-state index in [9.17, 15) is 19.8 Å². The molecule has 4 aromatic rings. The van der Waals surface area contributed by atoms with Gasteiger partial charge in [0.2, 0.25) is 0 Å². The smallest absolute Gasteiger partial charge is 0.318 e. The van der Waals surface area contributed by atoms with E-state index in [2.05, 4.69) is 55.0 Å². The van der Waals surface area contributed by atoms with Gasteiger partial charge in [0.05, 0.1) is 34.5 Å². The Balaban J connectivity index is 0.793. The van der Waals surface area contributed by atoms with Crippen LogP contribution in [0.5, 0.6) is 0 Å². The van der Waals surface area contributed by atoms with Gasteiger partial charge in [-0.1, -0.05) is 24.3 Å². The van der Waals surface area contributed by atoms with Crippen molar-refractivity contribution in [3.63, 3.8) is 0 Å². The first-order valence-electron chi connectivity index (χ1n) is 22.2. The van der Waals surface area contributed by atoms with Crippen LogP contribution in [0.3, 0.4) is 0 Å². The first kappa shape index (κ1) is 41.4. The highest BCUT2D eigenvalue weighted by Gasteiger charge is 2.36. The molecule has 5 aliphatic rings. The molecular formula is C46H59F2N9O4. The van der Waals surface area contributed by atoms with Crippen LogP contribution in [0.2, 0.25) is 0 Å². The van der Waals surface area contributed by atoms with Gasteiger partial charge in [0.15, 0.2) is 0 Å². The molecule has 0 aliphatic carbocycles. The predicted octanol–water partition coefficient (Wildman–Crippen LogP) is 5.49. The molecule has 5 aliphatic heterocycles. The predicted molar refractivity (Wildman–Crippen MR) is 234 cm³/mol. The standard InChI is InChI=1S/C46H59F2N9O4/c1-27-24-57(46(61)50-27)33-3-2-16-56(26-33)43-34-23-39(52-42(34)35(44(49)59)22-37(43)48)31-6-4-29(5-7-31)30-14-17-54(18-15-30)25-28-12-19-55(20-13-28)40-10-8-32(21-36(40)47)51-38-9-11-41(58)53-45(38)60/h4-8,10,21-23,27-28,30,33,38,41,45,51-53,58,60H,2-3,9,11-20,24-26H2,1H3,(H2,49,59)(H,50,61)/t27-,33-,38?,41?,45?/m1/s1. The molecule has 6 heterocycles. The van der Waals surface area contributed by atoms with E-state index >= 15 is 8.78 Å². The van der Waals surface area contributed by atoms with Gasteiger partial charge in [0.25, 0.3) is 5.91 Å². The molecule has 5 fully saturated rings. The first-order valence-corrected chi connectivity index (χ1v) is 22.2. The first-order chi connectivity index (χ1) is 29.5. The topological polar surface area (TPSA) is 165 Å². The molecular weight excluding hydrogens is 781 g/mol. The number of hydrogen-bond acceptors (Lipinski definition) is 9. The highest BCUT2D eigenvalue weighted by atomic mass is 19.1. The van der Waals surface area contributed by atoms with Gasteiger partial charge in [-0.2, -0.15) is 0 Å². The second kappa shape index (κ2) is 17.4. The average molecular weight is 840 g/mol. The average Bonchev–Trinajstić information content (AvgIpc) is 3.84. The van der Waals surface area contributed by atoms with Crippen molar-refractivity contribution < 1.29 is 28.6 Å².